The summed E-state index contributed by atoms with van der Waals surface area (Å²) >= 11 is 0. The van der Waals surface area contributed by atoms with Gasteiger partial charge in [0.2, 0.25) is 5.91 Å². The van der Waals surface area contributed by atoms with Gasteiger partial charge >= 0.3 is 0 Å². The zero-order valence-corrected chi connectivity index (χ0v) is 15.7. The van der Waals surface area contributed by atoms with E-state index in [1.807, 2.05) is 49.4 Å². The first kappa shape index (κ1) is 19.0. The van der Waals surface area contributed by atoms with Crippen LogP contribution >= 0.6 is 0 Å². The number of hydrogen-bond acceptors (Lipinski definition) is 4. The number of amides is 2. The highest BCUT2D eigenvalue weighted by Crippen LogP contribution is 2.24. The summed E-state index contributed by atoms with van der Waals surface area (Å²) in [6, 6.07) is 14.9. The Morgan fingerprint density at radius 1 is 1.19 bits per heavy atom. The van der Waals surface area contributed by atoms with Gasteiger partial charge in [0.05, 0.1) is 5.92 Å². The molecule has 1 aromatic heterocycles. The fourth-order valence-electron chi connectivity index (χ4n) is 3.41. The number of methoxy groups -OCH3 is 1. The lowest BCUT2D eigenvalue weighted by Gasteiger charge is -2.34. The number of aryl methyl sites for hydroxylation is 1. The highest BCUT2D eigenvalue weighted by atomic mass is 16.5. The normalized spacial score (nSPS) is 18.0. The van der Waals surface area contributed by atoms with E-state index in [0.717, 1.165) is 24.1 Å². The quantitative estimate of drug-likeness (QED) is 0.882. The molecule has 6 nitrogen and oxygen atoms in total. The molecule has 0 aliphatic carbocycles. The predicted molar refractivity (Wildman–Crippen MR) is 103 cm³/mol. The van der Waals surface area contributed by atoms with Gasteiger partial charge in [-0.3, -0.25) is 9.59 Å². The minimum absolute atomic E-state index is 0.0979. The topological polar surface area (TPSA) is 71.5 Å². The number of nitrogens with one attached hydrogen (secondary N) is 1. The molecule has 0 spiro atoms. The molecule has 27 heavy (non-hydrogen) atoms. The maximum absolute atomic E-state index is 13.0. The molecule has 2 heterocycles. The number of ether oxygens (including phenoxy) is 1. The van der Waals surface area contributed by atoms with E-state index in [2.05, 4.69) is 10.3 Å². The summed E-state index contributed by atoms with van der Waals surface area (Å²) in [4.78, 5) is 31.6. The molecule has 2 atom stereocenters. The third kappa shape index (κ3) is 4.71. The first-order chi connectivity index (χ1) is 13.1. The Hall–Kier alpha value is -2.73. The third-order valence-electron chi connectivity index (χ3n) is 4.81. The number of benzene rings is 1. The molecule has 142 valence electrons. The van der Waals surface area contributed by atoms with E-state index in [0.29, 0.717) is 18.9 Å². The predicted octanol–water partition coefficient (Wildman–Crippen LogP) is 2.95. The van der Waals surface area contributed by atoms with Crippen LogP contribution in [0, 0.1) is 12.8 Å². The largest absolute Gasteiger partial charge is 0.367 e. The lowest BCUT2D eigenvalue weighted by Crippen LogP contribution is -2.45. The molecule has 0 unspecified atom stereocenters. The summed E-state index contributed by atoms with van der Waals surface area (Å²) in [6.07, 6.45) is 0.896. The van der Waals surface area contributed by atoms with Crippen molar-refractivity contribution < 1.29 is 14.3 Å². The average molecular weight is 367 g/mol. The number of anilines is 1. The molecule has 1 saturated heterocycles. The Morgan fingerprint density at radius 2 is 1.96 bits per heavy atom. The van der Waals surface area contributed by atoms with Crippen LogP contribution in [0.2, 0.25) is 0 Å². The first-order valence-electron chi connectivity index (χ1n) is 9.19. The van der Waals surface area contributed by atoms with Gasteiger partial charge in [0.1, 0.15) is 5.82 Å². The van der Waals surface area contributed by atoms with Crippen molar-refractivity contribution in [3.8, 4) is 0 Å². The van der Waals surface area contributed by atoms with Crippen LogP contribution in [0.5, 0.6) is 0 Å². The fraction of sp³-hybridized carbons (Fsp3) is 0.381. The molecule has 1 aliphatic rings. The molecule has 6 heteroatoms. The monoisotopic (exact) mass is 367 g/mol. The van der Waals surface area contributed by atoms with Crippen LogP contribution in [0.15, 0.2) is 48.5 Å². The van der Waals surface area contributed by atoms with Crippen molar-refractivity contribution in [2.24, 2.45) is 5.92 Å². The van der Waals surface area contributed by atoms with E-state index in [1.165, 1.54) is 7.11 Å². The summed E-state index contributed by atoms with van der Waals surface area (Å²) in [5, 5.41) is 2.87. The molecule has 1 aromatic carbocycles. The number of likely N-dealkylation sites (tertiary alicyclic amines) is 1. The fourth-order valence-corrected chi connectivity index (χ4v) is 3.41. The second kappa shape index (κ2) is 8.77. The maximum Gasteiger partial charge on any atom is 0.256 e. The second-order valence-corrected chi connectivity index (χ2v) is 6.80. The summed E-state index contributed by atoms with van der Waals surface area (Å²) in [6.45, 7) is 2.91. The van der Waals surface area contributed by atoms with Crippen molar-refractivity contribution in [3.05, 3.63) is 59.8 Å². The number of hydrogen-bond donors (Lipinski definition) is 1. The van der Waals surface area contributed by atoms with Crippen LogP contribution in [0.3, 0.4) is 0 Å². The molecule has 1 aliphatic heterocycles. The van der Waals surface area contributed by atoms with E-state index in [1.54, 1.807) is 11.0 Å². The van der Waals surface area contributed by atoms with Gasteiger partial charge in [-0.25, -0.2) is 4.98 Å². The van der Waals surface area contributed by atoms with Crippen molar-refractivity contribution in [1.29, 1.82) is 0 Å². The van der Waals surface area contributed by atoms with Gasteiger partial charge in [-0.05, 0) is 37.5 Å². The Morgan fingerprint density at radius 3 is 2.67 bits per heavy atom. The first-order valence-corrected chi connectivity index (χ1v) is 9.19. The number of carbonyl (C=O) groups is 2. The van der Waals surface area contributed by atoms with E-state index in [-0.39, 0.29) is 17.7 Å². The van der Waals surface area contributed by atoms with Gasteiger partial charge in [0.25, 0.3) is 5.91 Å². The number of aromatic nitrogens is 1. The third-order valence-corrected chi connectivity index (χ3v) is 4.81. The van der Waals surface area contributed by atoms with Crippen LogP contribution in [0.25, 0.3) is 0 Å². The van der Waals surface area contributed by atoms with E-state index < -0.39 is 6.10 Å². The zero-order chi connectivity index (χ0) is 19.2. The number of nitrogens with zero attached hydrogens (tertiary/aromatic N) is 2. The van der Waals surface area contributed by atoms with E-state index in [9.17, 15) is 9.59 Å². The minimum atomic E-state index is -0.647. The van der Waals surface area contributed by atoms with Crippen molar-refractivity contribution in [2.45, 2.75) is 25.9 Å². The minimum Gasteiger partial charge on any atom is -0.367 e. The van der Waals surface area contributed by atoms with Gasteiger partial charge in [0.15, 0.2) is 6.10 Å². The molecule has 1 N–H and O–H groups in total. The molecule has 3 rings (SSSR count). The van der Waals surface area contributed by atoms with Crippen LogP contribution in [-0.4, -0.2) is 41.9 Å². The molecule has 2 aromatic rings. The van der Waals surface area contributed by atoms with E-state index in [4.69, 9.17) is 4.74 Å². The molecule has 2 amide bonds. The summed E-state index contributed by atoms with van der Waals surface area (Å²) in [7, 11) is 1.53. The smallest absolute Gasteiger partial charge is 0.256 e. The lowest BCUT2D eigenvalue weighted by molar-refractivity contribution is -0.145. The maximum atomic E-state index is 13.0. The summed E-state index contributed by atoms with van der Waals surface area (Å²) < 4.78 is 5.45. The molecule has 0 bridgehead atoms. The van der Waals surface area contributed by atoms with Gasteiger partial charge in [-0.2, -0.15) is 0 Å². The van der Waals surface area contributed by atoms with Gasteiger partial charge in [0, 0.05) is 25.9 Å². The van der Waals surface area contributed by atoms with Crippen LogP contribution in [0.1, 0.15) is 30.2 Å². The van der Waals surface area contributed by atoms with Crippen LogP contribution < -0.4 is 5.32 Å². The van der Waals surface area contributed by atoms with Crippen molar-refractivity contribution >= 4 is 17.6 Å². The lowest BCUT2D eigenvalue weighted by atomic mass is 9.96. The van der Waals surface area contributed by atoms with Gasteiger partial charge < -0.3 is 15.0 Å². The Balaban J connectivity index is 1.66. The number of piperidine rings is 1. The molecule has 0 saturated carbocycles. The Labute approximate surface area is 159 Å². The molecular formula is C21H25N3O3. The Bertz CT molecular complexity index is 794. The highest BCUT2D eigenvalue weighted by molar-refractivity contribution is 5.92. The van der Waals surface area contributed by atoms with Gasteiger partial charge in [-0.15, -0.1) is 0 Å². The number of rotatable bonds is 5. The second-order valence-electron chi connectivity index (χ2n) is 6.80. The van der Waals surface area contributed by atoms with Gasteiger partial charge in [-0.1, -0.05) is 36.4 Å². The van der Waals surface area contributed by atoms with E-state index >= 15 is 0 Å². The van der Waals surface area contributed by atoms with Crippen molar-refractivity contribution in [3.63, 3.8) is 0 Å². The summed E-state index contributed by atoms with van der Waals surface area (Å²) in [5.41, 5.74) is 1.67. The highest BCUT2D eigenvalue weighted by Gasteiger charge is 2.32. The van der Waals surface area contributed by atoms with Crippen LogP contribution in [-0.2, 0) is 14.3 Å². The number of pyridine rings is 1. The SMILES string of the molecule is CO[C@H](C(=O)N1CCC[C@@H](C(=O)Nc2cccc(C)n2)C1)c1ccccc1. The Kier molecular flexibility index (Phi) is 6.19. The molecule has 1 fully saturated rings. The zero-order valence-electron chi connectivity index (χ0n) is 15.7. The molecule has 0 radical (unpaired) electrons. The number of carbonyl (C=O) groups excluding carboxylic acids is 2. The van der Waals surface area contributed by atoms with Crippen molar-refractivity contribution in [1.82, 2.24) is 9.88 Å². The standard InChI is InChI=1S/C21H25N3O3/c1-15-8-6-12-18(22-15)23-20(25)17-11-7-13-24(14-17)21(26)19(27-2)16-9-4-3-5-10-16/h3-6,8-10,12,17,19H,7,11,13-14H2,1-2H3,(H,22,23,25)/t17-,19+/m1/s1. The van der Waals surface area contributed by atoms with Crippen molar-refractivity contribution in [2.75, 3.05) is 25.5 Å². The molecular weight excluding hydrogens is 342 g/mol. The average Bonchev–Trinajstić information content (AvgIpc) is 2.69. The van der Waals surface area contributed by atoms with Crippen LogP contribution in [0.4, 0.5) is 5.82 Å². The summed E-state index contributed by atoms with van der Waals surface area (Å²) in [5.74, 6) is 0.0925.